The van der Waals surface area contributed by atoms with Crippen LogP contribution in [0.3, 0.4) is 0 Å². The largest absolute Gasteiger partial charge is 0.453 e. The maximum atomic E-state index is 12.5. The number of hydrogen-bond donors (Lipinski definition) is 0. The molecule has 5 heteroatoms. The number of rotatable bonds is 4. The van der Waals surface area contributed by atoms with Crippen molar-refractivity contribution in [3.8, 4) is 5.69 Å². The Labute approximate surface area is 138 Å². The molecule has 0 fully saturated rings. The zero-order valence-electron chi connectivity index (χ0n) is 12.8. The molecule has 2 heterocycles. The summed E-state index contributed by atoms with van der Waals surface area (Å²) in [6.45, 7) is 0. The number of imidazole rings is 1. The highest BCUT2D eigenvalue weighted by Gasteiger charge is 2.32. The van der Waals surface area contributed by atoms with E-state index in [1.54, 1.807) is 36.8 Å². The lowest BCUT2D eigenvalue weighted by atomic mass is 9.98. The van der Waals surface area contributed by atoms with Crippen LogP contribution in [0.2, 0.25) is 0 Å². The van der Waals surface area contributed by atoms with Crippen LogP contribution in [0.5, 0.6) is 0 Å². The number of benzene rings is 2. The van der Waals surface area contributed by atoms with Crippen molar-refractivity contribution in [3.05, 3.63) is 83.9 Å². The fourth-order valence-corrected chi connectivity index (χ4v) is 2.89. The second-order valence-corrected chi connectivity index (χ2v) is 5.63. The molecule has 1 aliphatic rings. The van der Waals surface area contributed by atoms with Crippen molar-refractivity contribution in [2.75, 3.05) is 0 Å². The third kappa shape index (κ3) is 2.50. The number of esters is 1. The molecular formula is C19H14N2O3. The van der Waals surface area contributed by atoms with Crippen molar-refractivity contribution in [1.29, 1.82) is 0 Å². The Morgan fingerprint density at radius 3 is 2.67 bits per heavy atom. The SMILES string of the molecule is O=C(CC1OC(=O)c2ccccc21)c1ccc(-n2ccnc2)cc1. The molecule has 118 valence electrons. The standard InChI is InChI=1S/C19H14N2O3/c22-17(11-18-15-3-1-2-4-16(15)19(23)24-18)13-5-7-14(8-6-13)21-10-9-20-12-21/h1-10,12,18H,11H2. The van der Waals surface area contributed by atoms with Crippen molar-refractivity contribution in [1.82, 2.24) is 9.55 Å². The normalized spacial score (nSPS) is 15.8. The van der Waals surface area contributed by atoms with Gasteiger partial charge < -0.3 is 9.30 Å². The number of ketones is 1. The number of fused-ring (bicyclic) bond motifs is 1. The number of Topliss-reactive ketones (excluding diaryl/α,β-unsaturated/α-hetero) is 1. The van der Waals surface area contributed by atoms with Gasteiger partial charge in [-0.15, -0.1) is 0 Å². The minimum Gasteiger partial charge on any atom is -0.453 e. The molecule has 0 radical (unpaired) electrons. The van der Waals surface area contributed by atoms with E-state index in [0.29, 0.717) is 11.1 Å². The van der Waals surface area contributed by atoms with Crippen LogP contribution in [0.4, 0.5) is 0 Å². The van der Waals surface area contributed by atoms with Crippen LogP contribution in [0, 0.1) is 0 Å². The van der Waals surface area contributed by atoms with Crippen LogP contribution in [0.25, 0.3) is 5.69 Å². The summed E-state index contributed by atoms with van der Waals surface area (Å²) < 4.78 is 7.20. The molecule has 0 amide bonds. The minimum atomic E-state index is -0.505. The third-order valence-corrected chi connectivity index (χ3v) is 4.14. The van der Waals surface area contributed by atoms with Crippen molar-refractivity contribution < 1.29 is 14.3 Å². The molecule has 3 aromatic rings. The first kappa shape index (κ1) is 14.4. The first-order chi connectivity index (χ1) is 11.7. The van der Waals surface area contributed by atoms with Gasteiger partial charge >= 0.3 is 5.97 Å². The summed E-state index contributed by atoms with van der Waals surface area (Å²) >= 11 is 0. The van der Waals surface area contributed by atoms with E-state index < -0.39 is 6.10 Å². The molecule has 0 aliphatic carbocycles. The van der Waals surface area contributed by atoms with Gasteiger partial charge in [-0.1, -0.05) is 18.2 Å². The van der Waals surface area contributed by atoms with Crippen LogP contribution in [0.1, 0.15) is 38.8 Å². The zero-order valence-corrected chi connectivity index (χ0v) is 12.8. The number of ether oxygens (including phenoxy) is 1. The van der Waals surface area contributed by atoms with Gasteiger partial charge in [-0.3, -0.25) is 4.79 Å². The summed E-state index contributed by atoms with van der Waals surface area (Å²) in [6, 6.07) is 14.5. The molecular weight excluding hydrogens is 304 g/mol. The molecule has 2 aromatic carbocycles. The lowest BCUT2D eigenvalue weighted by Crippen LogP contribution is -2.08. The molecule has 0 bridgehead atoms. The van der Waals surface area contributed by atoms with E-state index in [9.17, 15) is 9.59 Å². The summed E-state index contributed by atoms with van der Waals surface area (Å²) in [5.41, 5.74) is 2.86. The number of aromatic nitrogens is 2. The highest BCUT2D eigenvalue weighted by Crippen LogP contribution is 2.33. The average Bonchev–Trinajstić information content (AvgIpc) is 3.25. The van der Waals surface area contributed by atoms with Crippen molar-refractivity contribution in [2.24, 2.45) is 0 Å². The molecule has 5 nitrogen and oxygen atoms in total. The number of cyclic esters (lactones) is 1. The predicted octanol–water partition coefficient (Wildman–Crippen LogP) is 3.36. The lowest BCUT2D eigenvalue weighted by molar-refractivity contribution is 0.0367. The Morgan fingerprint density at radius 2 is 1.92 bits per heavy atom. The number of carbonyl (C=O) groups excluding carboxylic acids is 2. The minimum absolute atomic E-state index is 0.0540. The smallest absolute Gasteiger partial charge is 0.339 e. The molecule has 1 aliphatic heterocycles. The quantitative estimate of drug-likeness (QED) is 0.547. The molecule has 24 heavy (non-hydrogen) atoms. The van der Waals surface area contributed by atoms with Crippen molar-refractivity contribution >= 4 is 11.8 Å². The van der Waals surface area contributed by atoms with Gasteiger partial charge in [0.1, 0.15) is 6.10 Å². The van der Waals surface area contributed by atoms with E-state index in [2.05, 4.69) is 4.98 Å². The van der Waals surface area contributed by atoms with Gasteiger partial charge in [0.05, 0.1) is 18.3 Å². The first-order valence-corrected chi connectivity index (χ1v) is 7.64. The summed E-state index contributed by atoms with van der Waals surface area (Å²) in [6.07, 6.45) is 4.88. The van der Waals surface area contributed by atoms with Crippen molar-refractivity contribution in [2.45, 2.75) is 12.5 Å². The summed E-state index contributed by atoms with van der Waals surface area (Å²) in [4.78, 5) is 28.3. The van der Waals surface area contributed by atoms with Crippen molar-refractivity contribution in [3.63, 3.8) is 0 Å². The van der Waals surface area contributed by atoms with Gasteiger partial charge in [-0.2, -0.15) is 0 Å². The van der Waals surface area contributed by atoms with E-state index in [4.69, 9.17) is 4.74 Å². The van der Waals surface area contributed by atoms with Gasteiger partial charge in [0.25, 0.3) is 0 Å². The third-order valence-electron chi connectivity index (χ3n) is 4.14. The Hall–Kier alpha value is -3.21. The molecule has 1 aromatic heterocycles. The van der Waals surface area contributed by atoms with Gasteiger partial charge in [-0.25, -0.2) is 9.78 Å². The van der Waals surface area contributed by atoms with Gasteiger partial charge in [0.15, 0.2) is 5.78 Å². The summed E-state index contributed by atoms with van der Waals surface area (Å²) in [7, 11) is 0. The maximum absolute atomic E-state index is 12.5. The Bertz CT molecular complexity index is 899. The zero-order chi connectivity index (χ0) is 16.5. The maximum Gasteiger partial charge on any atom is 0.339 e. The average molecular weight is 318 g/mol. The van der Waals surface area contributed by atoms with Crippen LogP contribution in [-0.4, -0.2) is 21.3 Å². The predicted molar refractivity (Wildman–Crippen MR) is 87.1 cm³/mol. The molecule has 0 saturated carbocycles. The summed E-state index contributed by atoms with van der Waals surface area (Å²) in [5, 5.41) is 0. The van der Waals surface area contributed by atoms with E-state index in [0.717, 1.165) is 11.3 Å². The fraction of sp³-hybridized carbons (Fsp3) is 0.105. The molecule has 0 N–H and O–H groups in total. The number of carbonyl (C=O) groups is 2. The van der Waals surface area contributed by atoms with Gasteiger partial charge in [-0.05, 0) is 30.3 Å². The van der Waals surface area contributed by atoms with E-state index >= 15 is 0 Å². The monoisotopic (exact) mass is 318 g/mol. The van der Waals surface area contributed by atoms with E-state index in [-0.39, 0.29) is 18.2 Å². The molecule has 4 rings (SSSR count). The lowest BCUT2D eigenvalue weighted by Gasteiger charge is -2.10. The Balaban J connectivity index is 1.52. The molecule has 1 atom stereocenters. The number of nitrogens with zero attached hydrogens (tertiary/aromatic N) is 2. The second-order valence-electron chi connectivity index (χ2n) is 5.63. The topological polar surface area (TPSA) is 61.2 Å². The van der Waals surface area contributed by atoms with Crippen LogP contribution < -0.4 is 0 Å². The molecule has 0 spiro atoms. The Kier molecular flexibility index (Phi) is 3.46. The van der Waals surface area contributed by atoms with Crippen LogP contribution in [-0.2, 0) is 4.74 Å². The molecule has 0 saturated heterocycles. The fourth-order valence-electron chi connectivity index (χ4n) is 2.89. The highest BCUT2D eigenvalue weighted by atomic mass is 16.5. The second kappa shape index (κ2) is 5.77. The van der Waals surface area contributed by atoms with E-state index in [1.165, 1.54) is 0 Å². The van der Waals surface area contributed by atoms with Gasteiger partial charge in [0, 0.05) is 29.2 Å². The van der Waals surface area contributed by atoms with E-state index in [1.807, 2.05) is 35.0 Å². The van der Waals surface area contributed by atoms with Crippen LogP contribution >= 0.6 is 0 Å². The number of hydrogen-bond acceptors (Lipinski definition) is 4. The van der Waals surface area contributed by atoms with Crippen LogP contribution in [0.15, 0.2) is 67.3 Å². The molecule has 1 unspecified atom stereocenters. The highest BCUT2D eigenvalue weighted by molar-refractivity contribution is 5.99. The first-order valence-electron chi connectivity index (χ1n) is 7.64. The Morgan fingerprint density at radius 1 is 1.12 bits per heavy atom. The van der Waals surface area contributed by atoms with Gasteiger partial charge in [0.2, 0.25) is 0 Å². The summed E-state index contributed by atoms with van der Waals surface area (Å²) in [5.74, 6) is -0.416.